The van der Waals surface area contributed by atoms with Gasteiger partial charge in [-0.15, -0.1) is 4.36 Å². The Morgan fingerprint density at radius 3 is 2.61 bits per heavy atom. The van der Waals surface area contributed by atoms with Crippen LogP contribution in [0.25, 0.3) is 0 Å². The first-order valence-electron chi connectivity index (χ1n) is 7.26. The number of nitrogens with one attached hydrogen (secondary N) is 1. The molecule has 0 radical (unpaired) electrons. The van der Waals surface area contributed by atoms with E-state index < -0.39 is 16.4 Å². The molecule has 0 aliphatic rings. The molecule has 0 heterocycles. The van der Waals surface area contributed by atoms with E-state index in [0.717, 1.165) is 12.0 Å². The van der Waals surface area contributed by atoms with Gasteiger partial charge in [-0.3, -0.25) is 9.69 Å². The molecule has 0 fully saturated rings. The Balaban J connectivity index is 3.17. The van der Waals surface area contributed by atoms with Crippen molar-refractivity contribution in [2.45, 2.75) is 33.1 Å². The number of benzene rings is 1. The Morgan fingerprint density at radius 2 is 2.09 bits per heavy atom. The molecule has 0 spiro atoms. The molecule has 0 saturated carbocycles. The van der Waals surface area contributed by atoms with Crippen LogP contribution >= 0.6 is 12.2 Å². The third kappa shape index (κ3) is 5.11. The van der Waals surface area contributed by atoms with Crippen LogP contribution in [-0.2, 0) is 15.3 Å². The monoisotopic (exact) mass is 355 g/mol. The zero-order valence-corrected chi connectivity index (χ0v) is 15.3. The summed E-state index contributed by atoms with van der Waals surface area (Å²) in [7, 11) is -0.855. The molecule has 0 aromatic heterocycles. The van der Waals surface area contributed by atoms with Gasteiger partial charge in [-0.05, 0) is 49.7 Å². The van der Waals surface area contributed by atoms with Crippen LogP contribution in [0.2, 0.25) is 0 Å². The maximum Gasteiger partial charge on any atom is 0.316 e. The molecule has 0 aliphatic heterocycles. The second kappa shape index (κ2) is 8.73. The van der Waals surface area contributed by atoms with Crippen molar-refractivity contribution in [1.29, 1.82) is 0 Å². The fraction of sp³-hybridized carbons (Fsp3) is 0.467. The van der Waals surface area contributed by atoms with Crippen LogP contribution in [-0.4, -0.2) is 37.9 Å². The molecular weight excluding hydrogens is 334 g/mol. The summed E-state index contributed by atoms with van der Waals surface area (Å²) >= 11 is 5.19. The highest BCUT2D eigenvalue weighted by molar-refractivity contribution is 7.80. The smallest absolute Gasteiger partial charge is 0.316 e. The van der Waals surface area contributed by atoms with E-state index in [1.54, 1.807) is 39.1 Å². The van der Waals surface area contributed by atoms with E-state index in [9.17, 15) is 13.2 Å². The zero-order valence-electron chi connectivity index (χ0n) is 13.7. The zero-order chi connectivity index (χ0) is 17.6. The van der Waals surface area contributed by atoms with Crippen LogP contribution < -0.4 is 5.32 Å². The van der Waals surface area contributed by atoms with Crippen molar-refractivity contribution >= 4 is 39.4 Å². The summed E-state index contributed by atoms with van der Waals surface area (Å²) in [6.45, 7) is 6.03. The minimum Gasteiger partial charge on any atom is -0.365 e. The van der Waals surface area contributed by atoms with Gasteiger partial charge in [-0.1, -0.05) is 19.1 Å². The lowest BCUT2D eigenvalue weighted by Crippen LogP contribution is -2.44. The van der Waals surface area contributed by atoms with Gasteiger partial charge in [0.15, 0.2) is 5.11 Å². The quantitative estimate of drug-likeness (QED) is 0.821. The Labute approximate surface area is 143 Å². The van der Waals surface area contributed by atoms with E-state index in [0.29, 0.717) is 22.9 Å². The number of carbonyl (C=O) groups is 1. The average Bonchev–Trinajstić information content (AvgIpc) is 2.52. The lowest BCUT2D eigenvalue weighted by Gasteiger charge is -2.26. The summed E-state index contributed by atoms with van der Waals surface area (Å²) in [5.41, 5.74) is 1.77. The lowest BCUT2D eigenvalue weighted by molar-refractivity contribution is -0.128. The fourth-order valence-electron chi connectivity index (χ4n) is 2.12. The van der Waals surface area contributed by atoms with Crippen LogP contribution in [0.1, 0.15) is 37.3 Å². The minimum atomic E-state index is -2.53. The number of nitrogens with zero attached hydrogens (tertiary/aromatic N) is 2. The van der Waals surface area contributed by atoms with E-state index in [1.165, 1.54) is 4.90 Å². The number of hydrogen-bond donors (Lipinski definition) is 1. The van der Waals surface area contributed by atoms with E-state index in [-0.39, 0.29) is 5.91 Å². The van der Waals surface area contributed by atoms with Crippen molar-refractivity contribution < 1.29 is 13.2 Å². The summed E-state index contributed by atoms with van der Waals surface area (Å²) in [5, 5.41) is 3.20. The predicted octanol–water partition coefficient (Wildman–Crippen LogP) is 2.54. The van der Waals surface area contributed by atoms with E-state index in [4.69, 9.17) is 12.2 Å². The first-order chi connectivity index (χ1) is 10.8. The molecule has 0 saturated heterocycles. The van der Waals surface area contributed by atoms with Gasteiger partial charge in [0.2, 0.25) is 5.91 Å². The molecule has 1 rings (SSSR count). The van der Waals surface area contributed by atoms with Crippen molar-refractivity contribution in [3.63, 3.8) is 0 Å². The maximum absolute atomic E-state index is 12.7. The van der Waals surface area contributed by atoms with Crippen LogP contribution in [0.4, 0.5) is 5.69 Å². The fourth-order valence-corrected chi connectivity index (χ4v) is 2.66. The summed E-state index contributed by atoms with van der Waals surface area (Å²) in [6, 6.07) is 5.18. The van der Waals surface area contributed by atoms with Crippen LogP contribution in [0.3, 0.4) is 0 Å². The van der Waals surface area contributed by atoms with Gasteiger partial charge < -0.3 is 5.32 Å². The molecule has 0 aliphatic carbocycles. The highest BCUT2D eigenvalue weighted by atomic mass is 32.2. The standard InChI is InChI=1S/C15H21N3O3S2/c1-5-8-18(15(22)16-4)14(19)11(3)12-7-6-10(2)13(9-12)17-23(20)21/h6-7,9,11H,5,8H2,1-4H3,(H,16,22). The van der Waals surface area contributed by atoms with Gasteiger partial charge >= 0.3 is 10.5 Å². The molecule has 1 aromatic carbocycles. The Kier molecular flexibility index (Phi) is 7.31. The first-order valence-corrected chi connectivity index (χ1v) is 8.70. The first kappa shape index (κ1) is 19.2. The number of hydrogen-bond acceptors (Lipinski definition) is 5. The number of carbonyl (C=O) groups excluding carboxylic acids is 1. The second-order valence-corrected chi connectivity index (χ2v) is 6.12. The topological polar surface area (TPSA) is 78.8 Å². The van der Waals surface area contributed by atoms with Crippen LogP contribution in [0.5, 0.6) is 0 Å². The maximum atomic E-state index is 12.7. The number of thiocarbonyl (C=S) groups is 1. The summed E-state index contributed by atoms with van der Waals surface area (Å²) in [5.74, 6) is -0.591. The molecule has 1 aromatic rings. The third-order valence-electron chi connectivity index (χ3n) is 3.45. The molecule has 8 heteroatoms. The molecular formula is C15H21N3O3S2. The predicted molar refractivity (Wildman–Crippen MR) is 94.3 cm³/mol. The minimum absolute atomic E-state index is 0.135. The van der Waals surface area contributed by atoms with Crippen molar-refractivity contribution in [2.24, 2.45) is 4.36 Å². The van der Waals surface area contributed by atoms with Gasteiger partial charge in [0.05, 0.1) is 11.6 Å². The largest absolute Gasteiger partial charge is 0.365 e. The third-order valence-corrected chi connectivity index (χ3v) is 4.22. The van der Waals surface area contributed by atoms with Crippen molar-refractivity contribution in [2.75, 3.05) is 13.6 Å². The van der Waals surface area contributed by atoms with Gasteiger partial charge in [0.1, 0.15) is 0 Å². The van der Waals surface area contributed by atoms with E-state index in [2.05, 4.69) is 9.68 Å². The highest BCUT2D eigenvalue weighted by Gasteiger charge is 2.24. The van der Waals surface area contributed by atoms with Crippen LogP contribution in [0, 0.1) is 6.92 Å². The Bertz CT molecular complexity index is 721. The number of aryl methyl sites for hydroxylation is 1. The summed E-state index contributed by atoms with van der Waals surface area (Å²) in [6.07, 6.45) is 0.782. The van der Waals surface area contributed by atoms with Crippen molar-refractivity contribution in [1.82, 2.24) is 10.2 Å². The number of amides is 1. The van der Waals surface area contributed by atoms with Crippen molar-refractivity contribution in [3.05, 3.63) is 29.3 Å². The van der Waals surface area contributed by atoms with E-state index >= 15 is 0 Å². The van der Waals surface area contributed by atoms with Gasteiger partial charge in [0, 0.05) is 13.6 Å². The second-order valence-electron chi connectivity index (χ2n) is 5.12. The van der Waals surface area contributed by atoms with Gasteiger partial charge in [-0.25, -0.2) is 0 Å². The van der Waals surface area contributed by atoms with Crippen molar-refractivity contribution in [3.8, 4) is 0 Å². The molecule has 0 bridgehead atoms. The molecule has 23 heavy (non-hydrogen) atoms. The number of rotatable bonds is 5. The molecule has 1 N–H and O–H groups in total. The summed E-state index contributed by atoms with van der Waals surface area (Å²) in [4.78, 5) is 14.2. The Morgan fingerprint density at radius 1 is 1.43 bits per heavy atom. The molecule has 1 unspecified atom stereocenters. The highest BCUT2D eigenvalue weighted by Crippen LogP contribution is 2.26. The van der Waals surface area contributed by atoms with Gasteiger partial charge in [0.25, 0.3) is 0 Å². The normalized spacial score (nSPS) is 11.5. The molecule has 1 atom stereocenters. The SMILES string of the molecule is CCCN(C(=O)C(C)c1ccc(C)c(N=S(=O)=O)c1)C(=S)NC. The lowest BCUT2D eigenvalue weighted by atomic mass is 9.97. The van der Waals surface area contributed by atoms with Gasteiger partial charge in [-0.2, -0.15) is 8.42 Å². The Hall–Kier alpha value is -1.80. The molecule has 6 nitrogen and oxygen atoms in total. The van der Waals surface area contributed by atoms with E-state index in [1.807, 2.05) is 6.92 Å². The molecule has 1 amide bonds. The molecule has 126 valence electrons. The average molecular weight is 355 g/mol. The van der Waals surface area contributed by atoms with Crippen LogP contribution in [0.15, 0.2) is 22.6 Å². The summed E-state index contributed by atoms with van der Waals surface area (Å²) < 4.78 is 25.1.